The summed E-state index contributed by atoms with van der Waals surface area (Å²) in [6.45, 7) is 6.62. The zero-order valence-corrected chi connectivity index (χ0v) is 13.9. The summed E-state index contributed by atoms with van der Waals surface area (Å²) in [5.74, 6) is 1.07. The van der Waals surface area contributed by atoms with Gasteiger partial charge in [0.05, 0.1) is 11.5 Å². The third-order valence-electron chi connectivity index (χ3n) is 3.27. The van der Waals surface area contributed by atoms with E-state index in [1.54, 1.807) is 24.3 Å². The van der Waals surface area contributed by atoms with Gasteiger partial charge in [0, 0.05) is 5.69 Å². The van der Waals surface area contributed by atoms with Crippen molar-refractivity contribution >= 4 is 15.7 Å². The molecular weight excluding hydrogens is 298 g/mol. The first-order valence-electron chi connectivity index (χ1n) is 7.28. The molecule has 0 heterocycles. The summed E-state index contributed by atoms with van der Waals surface area (Å²) in [6.07, 6.45) is 0. The van der Waals surface area contributed by atoms with Gasteiger partial charge >= 0.3 is 0 Å². The van der Waals surface area contributed by atoms with Gasteiger partial charge in [0.25, 0.3) is 10.0 Å². The van der Waals surface area contributed by atoms with Crippen LogP contribution in [0.4, 0.5) is 5.69 Å². The minimum Gasteiger partial charge on any atom is -0.494 e. The van der Waals surface area contributed by atoms with Gasteiger partial charge in [0.15, 0.2) is 0 Å². The van der Waals surface area contributed by atoms with Crippen molar-refractivity contribution in [1.82, 2.24) is 0 Å². The number of rotatable bonds is 6. The highest BCUT2D eigenvalue weighted by molar-refractivity contribution is 7.92. The van der Waals surface area contributed by atoms with Crippen LogP contribution in [-0.2, 0) is 10.0 Å². The van der Waals surface area contributed by atoms with E-state index in [-0.39, 0.29) is 4.90 Å². The Balaban J connectivity index is 2.16. The van der Waals surface area contributed by atoms with Gasteiger partial charge in [-0.2, -0.15) is 0 Å². The van der Waals surface area contributed by atoms with Gasteiger partial charge < -0.3 is 4.74 Å². The van der Waals surface area contributed by atoms with Gasteiger partial charge in [-0.25, -0.2) is 8.42 Å². The standard InChI is InChI=1S/C17H21NO3S/c1-4-21-16-9-11-17(12-10-16)22(19,20)18-15-7-5-14(6-8-15)13(2)3/h5-13,18H,4H2,1-3H3. The molecule has 4 nitrogen and oxygen atoms in total. The second-order valence-corrected chi connectivity index (χ2v) is 6.97. The molecule has 118 valence electrons. The van der Waals surface area contributed by atoms with E-state index >= 15 is 0 Å². The summed E-state index contributed by atoms with van der Waals surface area (Å²) < 4.78 is 32.6. The van der Waals surface area contributed by atoms with Gasteiger partial charge in [-0.3, -0.25) is 4.72 Å². The van der Waals surface area contributed by atoms with Crippen LogP contribution in [0.5, 0.6) is 5.75 Å². The molecule has 0 aromatic heterocycles. The van der Waals surface area contributed by atoms with E-state index < -0.39 is 10.0 Å². The van der Waals surface area contributed by atoms with Crippen molar-refractivity contribution in [1.29, 1.82) is 0 Å². The Morgan fingerprint density at radius 2 is 1.59 bits per heavy atom. The molecule has 0 aliphatic rings. The second-order valence-electron chi connectivity index (χ2n) is 5.29. The Morgan fingerprint density at radius 3 is 2.09 bits per heavy atom. The highest BCUT2D eigenvalue weighted by atomic mass is 32.2. The first kappa shape index (κ1) is 16.4. The molecule has 0 aliphatic carbocycles. The number of hydrogen-bond donors (Lipinski definition) is 1. The van der Waals surface area contributed by atoms with Crippen molar-refractivity contribution in [3.63, 3.8) is 0 Å². The van der Waals surface area contributed by atoms with Gasteiger partial charge in [0.1, 0.15) is 5.75 Å². The molecule has 0 bridgehead atoms. The van der Waals surface area contributed by atoms with E-state index in [0.717, 1.165) is 0 Å². The average Bonchev–Trinajstić information content (AvgIpc) is 2.48. The van der Waals surface area contributed by atoms with Gasteiger partial charge in [-0.15, -0.1) is 0 Å². The number of anilines is 1. The lowest BCUT2D eigenvalue weighted by Crippen LogP contribution is -2.12. The topological polar surface area (TPSA) is 55.4 Å². The molecule has 0 fully saturated rings. The van der Waals surface area contributed by atoms with Crippen LogP contribution in [0.1, 0.15) is 32.3 Å². The van der Waals surface area contributed by atoms with Crippen LogP contribution in [-0.4, -0.2) is 15.0 Å². The van der Waals surface area contributed by atoms with Crippen molar-refractivity contribution in [3.8, 4) is 5.75 Å². The fourth-order valence-electron chi connectivity index (χ4n) is 2.03. The first-order chi connectivity index (χ1) is 10.4. The van der Waals surface area contributed by atoms with Crippen molar-refractivity contribution in [2.24, 2.45) is 0 Å². The van der Waals surface area contributed by atoms with Gasteiger partial charge in [-0.05, 0) is 54.8 Å². The smallest absolute Gasteiger partial charge is 0.261 e. The quantitative estimate of drug-likeness (QED) is 0.875. The summed E-state index contributed by atoms with van der Waals surface area (Å²) in [6, 6.07) is 13.8. The highest BCUT2D eigenvalue weighted by Crippen LogP contribution is 2.21. The zero-order chi connectivity index (χ0) is 16.2. The minimum atomic E-state index is -3.58. The molecule has 5 heteroatoms. The normalized spacial score (nSPS) is 11.5. The molecule has 0 aliphatic heterocycles. The van der Waals surface area contributed by atoms with Crippen LogP contribution >= 0.6 is 0 Å². The summed E-state index contributed by atoms with van der Waals surface area (Å²) in [5.41, 5.74) is 1.72. The van der Waals surface area contributed by atoms with Crippen LogP contribution < -0.4 is 9.46 Å². The molecular formula is C17H21NO3S. The van der Waals surface area contributed by atoms with Crippen LogP contribution in [0, 0.1) is 0 Å². The third kappa shape index (κ3) is 4.01. The van der Waals surface area contributed by atoms with Crippen LogP contribution in [0.3, 0.4) is 0 Å². The zero-order valence-electron chi connectivity index (χ0n) is 13.0. The predicted octanol–water partition coefficient (Wildman–Crippen LogP) is 4.01. The summed E-state index contributed by atoms with van der Waals surface area (Å²) in [4.78, 5) is 0.212. The molecule has 0 unspecified atom stereocenters. The maximum atomic E-state index is 12.3. The van der Waals surface area contributed by atoms with E-state index in [4.69, 9.17) is 4.74 Å². The molecule has 0 radical (unpaired) electrons. The number of hydrogen-bond acceptors (Lipinski definition) is 3. The Kier molecular flexibility index (Phi) is 5.08. The summed E-state index contributed by atoms with van der Waals surface area (Å²) in [7, 11) is -3.58. The number of benzene rings is 2. The fourth-order valence-corrected chi connectivity index (χ4v) is 3.09. The first-order valence-corrected chi connectivity index (χ1v) is 8.76. The largest absolute Gasteiger partial charge is 0.494 e. The number of ether oxygens (including phenoxy) is 1. The molecule has 0 atom stereocenters. The minimum absolute atomic E-state index is 0.212. The van der Waals surface area contributed by atoms with Gasteiger partial charge in [0.2, 0.25) is 0 Å². The molecule has 0 saturated carbocycles. The summed E-state index contributed by atoms with van der Waals surface area (Å²) >= 11 is 0. The maximum Gasteiger partial charge on any atom is 0.261 e. The van der Waals surface area contributed by atoms with Crippen molar-refractivity contribution in [2.45, 2.75) is 31.6 Å². The maximum absolute atomic E-state index is 12.3. The lowest BCUT2D eigenvalue weighted by atomic mass is 10.0. The molecule has 2 aromatic carbocycles. The van der Waals surface area contributed by atoms with E-state index in [0.29, 0.717) is 24.0 Å². The molecule has 0 spiro atoms. The number of nitrogens with one attached hydrogen (secondary N) is 1. The lowest BCUT2D eigenvalue weighted by molar-refractivity contribution is 0.340. The molecule has 22 heavy (non-hydrogen) atoms. The Labute approximate surface area is 132 Å². The fraction of sp³-hybridized carbons (Fsp3) is 0.294. The summed E-state index contributed by atoms with van der Waals surface area (Å²) in [5, 5.41) is 0. The van der Waals surface area contributed by atoms with Crippen molar-refractivity contribution in [2.75, 3.05) is 11.3 Å². The van der Waals surface area contributed by atoms with Crippen molar-refractivity contribution in [3.05, 3.63) is 54.1 Å². The molecule has 2 rings (SSSR count). The number of sulfonamides is 1. The molecule has 0 amide bonds. The Morgan fingerprint density at radius 1 is 1.00 bits per heavy atom. The average molecular weight is 319 g/mol. The molecule has 1 N–H and O–H groups in total. The van der Waals surface area contributed by atoms with E-state index in [1.807, 2.05) is 19.1 Å². The van der Waals surface area contributed by atoms with Crippen molar-refractivity contribution < 1.29 is 13.2 Å². The van der Waals surface area contributed by atoms with E-state index in [1.165, 1.54) is 17.7 Å². The van der Waals surface area contributed by atoms with Crippen LogP contribution in [0.25, 0.3) is 0 Å². The van der Waals surface area contributed by atoms with Gasteiger partial charge in [-0.1, -0.05) is 26.0 Å². The lowest BCUT2D eigenvalue weighted by Gasteiger charge is -2.10. The van der Waals surface area contributed by atoms with E-state index in [9.17, 15) is 8.42 Å². The predicted molar refractivity (Wildman–Crippen MR) is 89.0 cm³/mol. The Bertz CT molecular complexity index is 705. The monoisotopic (exact) mass is 319 g/mol. The Hall–Kier alpha value is -2.01. The van der Waals surface area contributed by atoms with E-state index in [2.05, 4.69) is 18.6 Å². The van der Waals surface area contributed by atoms with Crippen LogP contribution in [0.2, 0.25) is 0 Å². The van der Waals surface area contributed by atoms with Crippen LogP contribution in [0.15, 0.2) is 53.4 Å². The molecule has 0 saturated heterocycles. The molecule has 2 aromatic rings. The third-order valence-corrected chi connectivity index (χ3v) is 4.67. The second kappa shape index (κ2) is 6.83. The SMILES string of the molecule is CCOc1ccc(S(=O)(=O)Nc2ccc(C(C)C)cc2)cc1. The highest BCUT2D eigenvalue weighted by Gasteiger charge is 2.14.